The van der Waals surface area contributed by atoms with E-state index >= 15 is 0 Å². The molecule has 2 N–H and O–H groups in total. The highest BCUT2D eigenvalue weighted by Crippen LogP contribution is 2.34. The van der Waals surface area contributed by atoms with Crippen LogP contribution in [-0.2, 0) is 0 Å². The van der Waals surface area contributed by atoms with Crippen LogP contribution in [0.3, 0.4) is 0 Å². The van der Waals surface area contributed by atoms with Crippen molar-refractivity contribution in [3.8, 4) is 0 Å². The van der Waals surface area contributed by atoms with Crippen molar-refractivity contribution in [2.24, 2.45) is 0 Å². The van der Waals surface area contributed by atoms with E-state index in [4.69, 9.17) is 5.11 Å². The van der Waals surface area contributed by atoms with Crippen molar-refractivity contribution in [1.29, 1.82) is 0 Å². The lowest BCUT2D eigenvalue weighted by atomic mass is 10.2. The van der Waals surface area contributed by atoms with Crippen LogP contribution in [0.1, 0.15) is 0 Å². The summed E-state index contributed by atoms with van der Waals surface area (Å²) in [6.45, 7) is 2.96. The number of rotatable bonds is 7. The molecule has 0 atom stereocenters. The molecule has 12 heteroatoms. The van der Waals surface area contributed by atoms with Crippen LogP contribution in [0.15, 0.2) is 30.6 Å². The summed E-state index contributed by atoms with van der Waals surface area (Å²) in [5.74, 6) is 0.157. The normalized spacial score (nSPS) is 14.7. The summed E-state index contributed by atoms with van der Waals surface area (Å²) in [5, 5.41) is 34.5. The number of aromatic nitrogens is 2. The Bertz CT molecular complexity index is 870. The van der Waals surface area contributed by atoms with Crippen LogP contribution in [0.25, 0.3) is 0 Å². The van der Waals surface area contributed by atoms with E-state index in [1.54, 1.807) is 11.0 Å². The maximum Gasteiger partial charge on any atom is 0.353 e. The Balaban J connectivity index is 1.87. The van der Waals surface area contributed by atoms with E-state index in [0.29, 0.717) is 38.4 Å². The third-order valence-electron chi connectivity index (χ3n) is 4.39. The number of benzene rings is 1. The first-order valence-electron chi connectivity index (χ1n) is 8.58. The van der Waals surface area contributed by atoms with Gasteiger partial charge in [0.25, 0.3) is 5.69 Å². The molecule has 0 saturated carbocycles. The highest BCUT2D eigenvalue weighted by atomic mass is 16.6. The number of hydrogen-bond acceptors (Lipinski definition) is 10. The summed E-state index contributed by atoms with van der Waals surface area (Å²) in [5.41, 5.74) is -0.110. The second-order valence-corrected chi connectivity index (χ2v) is 6.14. The number of aliphatic hydroxyl groups is 1. The van der Waals surface area contributed by atoms with Crippen LogP contribution in [-0.4, -0.2) is 69.2 Å². The summed E-state index contributed by atoms with van der Waals surface area (Å²) in [6, 6.07) is 5.65. The molecule has 0 bridgehead atoms. The second kappa shape index (κ2) is 8.54. The third kappa shape index (κ3) is 4.29. The van der Waals surface area contributed by atoms with Crippen molar-refractivity contribution < 1.29 is 15.0 Å². The lowest BCUT2D eigenvalue weighted by Gasteiger charge is -2.34. The van der Waals surface area contributed by atoms with Gasteiger partial charge in [-0.25, -0.2) is 9.97 Å². The lowest BCUT2D eigenvalue weighted by Crippen LogP contribution is -2.47. The van der Waals surface area contributed by atoms with Crippen LogP contribution in [0.2, 0.25) is 0 Å². The Morgan fingerprint density at radius 2 is 1.86 bits per heavy atom. The highest BCUT2D eigenvalue weighted by Gasteiger charge is 2.29. The molecule has 3 rings (SSSR count). The van der Waals surface area contributed by atoms with Crippen molar-refractivity contribution >= 4 is 28.7 Å². The lowest BCUT2D eigenvalue weighted by molar-refractivity contribution is -0.384. The smallest absolute Gasteiger partial charge is 0.353 e. The minimum absolute atomic E-state index is 0.0340. The molecule has 0 amide bonds. The zero-order chi connectivity index (χ0) is 20.1. The van der Waals surface area contributed by atoms with Gasteiger partial charge in [0.2, 0.25) is 11.6 Å². The van der Waals surface area contributed by atoms with Crippen molar-refractivity contribution in [3.63, 3.8) is 0 Å². The highest BCUT2D eigenvalue weighted by molar-refractivity contribution is 5.75. The number of nitro groups is 2. The predicted octanol–water partition coefficient (Wildman–Crippen LogP) is 1.15. The summed E-state index contributed by atoms with van der Waals surface area (Å²) >= 11 is 0. The fourth-order valence-corrected chi connectivity index (χ4v) is 3.02. The molecular weight excluding hydrogens is 370 g/mol. The summed E-state index contributed by atoms with van der Waals surface area (Å²) in [4.78, 5) is 33.5. The zero-order valence-corrected chi connectivity index (χ0v) is 14.9. The first kappa shape index (κ1) is 19.4. The summed E-state index contributed by atoms with van der Waals surface area (Å²) < 4.78 is 0. The molecule has 0 unspecified atom stereocenters. The van der Waals surface area contributed by atoms with E-state index in [1.165, 1.54) is 24.5 Å². The summed E-state index contributed by atoms with van der Waals surface area (Å²) in [7, 11) is 0. The number of hydrogen-bond donors (Lipinski definition) is 2. The molecule has 1 saturated heterocycles. The van der Waals surface area contributed by atoms with Crippen molar-refractivity contribution in [2.75, 3.05) is 49.5 Å². The Hall–Kier alpha value is -3.38. The predicted molar refractivity (Wildman–Crippen MR) is 101 cm³/mol. The molecular formula is C16H19N7O5. The Morgan fingerprint density at radius 1 is 1.11 bits per heavy atom. The van der Waals surface area contributed by atoms with E-state index in [9.17, 15) is 20.2 Å². The third-order valence-corrected chi connectivity index (χ3v) is 4.39. The molecule has 1 aromatic heterocycles. The minimum Gasteiger partial charge on any atom is -0.395 e. The van der Waals surface area contributed by atoms with Crippen LogP contribution < -0.4 is 10.2 Å². The van der Waals surface area contributed by atoms with Crippen LogP contribution in [0.5, 0.6) is 0 Å². The monoisotopic (exact) mass is 389 g/mol. The molecule has 0 radical (unpaired) electrons. The van der Waals surface area contributed by atoms with Gasteiger partial charge in [-0.05, 0) is 6.07 Å². The van der Waals surface area contributed by atoms with Crippen molar-refractivity contribution in [3.05, 3.63) is 50.8 Å². The Morgan fingerprint density at radius 3 is 2.50 bits per heavy atom. The fraction of sp³-hybridized carbons (Fsp3) is 0.375. The number of aliphatic hydroxyl groups excluding tert-OH is 1. The number of nitrogens with one attached hydrogen (secondary N) is 1. The number of anilines is 3. The molecule has 148 valence electrons. The van der Waals surface area contributed by atoms with Crippen LogP contribution >= 0.6 is 0 Å². The Kier molecular flexibility index (Phi) is 5.91. The molecule has 0 aliphatic carbocycles. The molecule has 1 aliphatic rings. The van der Waals surface area contributed by atoms with Gasteiger partial charge in [-0.15, -0.1) is 0 Å². The van der Waals surface area contributed by atoms with Gasteiger partial charge in [0.1, 0.15) is 6.33 Å². The SMILES string of the molecule is O=[N+]([O-])c1cccc(Nc2ncnc(N3CCN(CCO)CC3)c2[N+](=O)[O-])c1. The first-order chi connectivity index (χ1) is 13.5. The molecule has 2 heterocycles. The molecule has 0 spiro atoms. The standard InChI is InChI=1S/C16H19N7O5/c24-9-8-20-4-6-21(7-5-20)16-14(23(27)28)15(17-11-18-16)19-12-2-1-3-13(10-12)22(25)26/h1-3,10-11,24H,4-9H2,(H,17,18,19). The Labute approximate surface area is 159 Å². The molecule has 12 nitrogen and oxygen atoms in total. The van der Waals surface area contributed by atoms with Crippen molar-refractivity contribution in [1.82, 2.24) is 14.9 Å². The molecule has 2 aromatic rings. The number of piperazine rings is 1. The van der Waals surface area contributed by atoms with E-state index in [1.807, 2.05) is 0 Å². The average Bonchev–Trinajstić information content (AvgIpc) is 2.68. The van der Waals surface area contributed by atoms with E-state index in [0.717, 1.165) is 0 Å². The van der Waals surface area contributed by atoms with Gasteiger partial charge < -0.3 is 15.3 Å². The molecule has 28 heavy (non-hydrogen) atoms. The molecule has 1 aromatic carbocycles. The van der Waals surface area contributed by atoms with Gasteiger partial charge in [-0.1, -0.05) is 6.07 Å². The van der Waals surface area contributed by atoms with Gasteiger partial charge in [0, 0.05) is 50.5 Å². The first-order valence-corrected chi connectivity index (χ1v) is 8.58. The van der Waals surface area contributed by atoms with Gasteiger partial charge in [-0.3, -0.25) is 25.1 Å². The van der Waals surface area contributed by atoms with Gasteiger partial charge >= 0.3 is 5.69 Å². The quantitative estimate of drug-likeness (QED) is 0.521. The number of nitrogens with zero attached hydrogens (tertiary/aromatic N) is 6. The van der Waals surface area contributed by atoms with E-state index in [-0.39, 0.29) is 29.6 Å². The molecule has 1 fully saturated rings. The number of β-amino-alcohol motifs (C(OH)–C–C–N with tert-alkyl or cyclic N) is 1. The maximum atomic E-state index is 11.7. The fourth-order valence-electron chi connectivity index (χ4n) is 3.02. The van der Waals surface area contributed by atoms with Gasteiger partial charge in [-0.2, -0.15) is 0 Å². The van der Waals surface area contributed by atoms with E-state index in [2.05, 4.69) is 20.2 Å². The van der Waals surface area contributed by atoms with Crippen molar-refractivity contribution in [2.45, 2.75) is 0 Å². The van der Waals surface area contributed by atoms with Gasteiger partial charge in [0.05, 0.1) is 16.5 Å². The van der Waals surface area contributed by atoms with E-state index < -0.39 is 9.85 Å². The molecule has 1 aliphatic heterocycles. The summed E-state index contributed by atoms with van der Waals surface area (Å²) in [6.07, 6.45) is 1.22. The average molecular weight is 389 g/mol. The zero-order valence-electron chi connectivity index (χ0n) is 14.9. The topological polar surface area (TPSA) is 151 Å². The van der Waals surface area contributed by atoms with Gasteiger partial charge in [0.15, 0.2) is 0 Å². The van der Waals surface area contributed by atoms with Crippen LogP contribution in [0.4, 0.5) is 28.7 Å². The van der Waals surface area contributed by atoms with Crippen LogP contribution in [0, 0.1) is 20.2 Å². The second-order valence-electron chi connectivity index (χ2n) is 6.14. The number of nitro benzene ring substituents is 1. The number of non-ortho nitro benzene ring substituents is 1. The maximum absolute atomic E-state index is 11.7. The largest absolute Gasteiger partial charge is 0.395 e. The minimum atomic E-state index is -0.560.